The van der Waals surface area contributed by atoms with Gasteiger partial charge in [-0.3, -0.25) is 0 Å². The molecule has 0 saturated heterocycles. The van der Waals surface area contributed by atoms with Crippen molar-refractivity contribution in [3.63, 3.8) is 0 Å². The maximum atomic E-state index is 15.8. The smallest absolute Gasteiger partial charge is 0.193 e. The minimum Gasteiger partial charge on any atom is -0.382 e. The van der Waals surface area contributed by atoms with Gasteiger partial charge in [-0.05, 0) is 12.5 Å². The molecule has 0 bridgehead atoms. The van der Waals surface area contributed by atoms with E-state index in [1.807, 2.05) is 0 Å². The van der Waals surface area contributed by atoms with Crippen LogP contribution in [0.5, 0.6) is 0 Å². The summed E-state index contributed by atoms with van der Waals surface area (Å²) in [5.74, 6) is -1.98. The molecule has 0 heterocycles. The van der Waals surface area contributed by atoms with Crippen LogP contribution in [0.2, 0.25) is 0 Å². The van der Waals surface area contributed by atoms with Crippen LogP contribution in [0.3, 0.4) is 0 Å². The molecular formula is C21H20FO2P. The van der Waals surface area contributed by atoms with E-state index in [-0.39, 0.29) is 0 Å². The van der Waals surface area contributed by atoms with Gasteiger partial charge in [-0.2, -0.15) is 0 Å². The predicted octanol–water partition coefficient (Wildman–Crippen LogP) is 4.20. The standard InChI is InChI=1S/C21H20FO2P/c1-21(23,17-11-5-2-6-12-17)20(22)25(24,18-13-7-3-8-14-18)19-15-9-4-10-16-19/h2-16,20,23H,1H3/t20-,21+/m0/s1. The Bertz CT molecular complexity index is 821. The molecule has 0 aliphatic carbocycles. The molecule has 3 rings (SSSR count). The van der Waals surface area contributed by atoms with Gasteiger partial charge in [0.2, 0.25) is 0 Å². The second kappa shape index (κ2) is 6.95. The first-order valence-electron chi connectivity index (χ1n) is 8.10. The third-order valence-electron chi connectivity index (χ3n) is 4.42. The van der Waals surface area contributed by atoms with Crippen molar-refractivity contribution in [3.8, 4) is 0 Å². The Balaban J connectivity index is 2.18. The van der Waals surface area contributed by atoms with Gasteiger partial charge in [0, 0.05) is 10.6 Å². The van der Waals surface area contributed by atoms with E-state index in [1.165, 1.54) is 6.92 Å². The molecule has 128 valence electrons. The van der Waals surface area contributed by atoms with Crippen LogP contribution in [-0.2, 0) is 10.2 Å². The largest absolute Gasteiger partial charge is 0.382 e. The summed E-state index contributed by atoms with van der Waals surface area (Å²) < 4.78 is 29.8. The Labute approximate surface area is 147 Å². The van der Waals surface area contributed by atoms with Crippen molar-refractivity contribution >= 4 is 17.8 Å². The van der Waals surface area contributed by atoms with Gasteiger partial charge in [0.05, 0.1) is 0 Å². The predicted molar refractivity (Wildman–Crippen MR) is 101 cm³/mol. The van der Waals surface area contributed by atoms with Crippen LogP contribution in [0.25, 0.3) is 0 Å². The van der Waals surface area contributed by atoms with Crippen molar-refractivity contribution in [2.45, 2.75) is 18.4 Å². The molecule has 0 fully saturated rings. The molecule has 25 heavy (non-hydrogen) atoms. The molecular weight excluding hydrogens is 334 g/mol. The summed E-state index contributed by atoms with van der Waals surface area (Å²) in [5.41, 5.74) is -1.49. The van der Waals surface area contributed by atoms with Gasteiger partial charge in [0.15, 0.2) is 13.1 Å². The number of hydrogen-bond donors (Lipinski definition) is 1. The average Bonchev–Trinajstić information content (AvgIpc) is 2.68. The molecule has 3 aromatic rings. The van der Waals surface area contributed by atoms with Crippen molar-refractivity contribution in [2.75, 3.05) is 0 Å². The molecule has 0 amide bonds. The summed E-state index contributed by atoms with van der Waals surface area (Å²) in [6.45, 7) is 1.38. The van der Waals surface area contributed by atoms with Crippen molar-refractivity contribution in [1.29, 1.82) is 0 Å². The zero-order valence-electron chi connectivity index (χ0n) is 13.9. The normalized spacial score (nSPS) is 15.3. The second-order valence-corrected chi connectivity index (χ2v) is 8.98. The minimum absolute atomic E-state index is 0.393. The maximum Gasteiger partial charge on any atom is 0.193 e. The van der Waals surface area contributed by atoms with Crippen LogP contribution in [0.1, 0.15) is 12.5 Å². The molecule has 4 heteroatoms. The Hall–Kier alpha value is -2.22. The fourth-order valence-corrected chi connectivity index (χ4v) is 5.89. The molecule has 0 unspecified atom stereocenters. The van der Waals surface area contributed by atoms with Gasteiger partial charge in [-0.15, -0.1) is 0 Å². The fraction of sp³-hybridized carbons (Fsp3) is 0.143. The number of alkyl halides is 1. The minimum atomic E-state index is -3.72. The van der Waals surface area contributed by atoms with Gasteiger partial charge in [0.25, 0.3) is 0 Å². The first kappa shape index (κ1) is 17.6. The summed E-state index contributed by atoms with van der Waals surface area (Å²) in [6, 6.07) is 25.7. The van der Waals surface area contributed by atoms with Crippen LogP contribution < -0.4 is 10.6 Å². The van der Waals surface area contributed by atoms with Gasteiger partial charge < -0.3 is 9.67 Å². The lowest BCUT2D eigenvalue weighted by molar-refractivity contribution is 0.0103. The monoisotopic (exact) mass is 354 g/mol. The Kier molecular flexibility index (Phi) is 4.89. The number of benzene rings is 3. The van der Waals surface area contributed by atoms with E-state index in [1.54, 1.807) is 91.0 Å². The van der Waals surface area contributed by atoms with E-state index in [4.69, 9.17) is 0 Å². The highest BCUT2D eigenvalue weighted by atomic mass is 31.2. The summed E-state index contributed by atoms with van der Waals surface area (Å²) in [6.07, 6.45) is 0. The highest BCUT2D eigenvalue weighted by Gasteiger charge is 2.48. The highest BCUT2D eigenvalue weighted by Crippen LogP contribution is 2.55. The van der Waals surface area contributed by atoms with Crippen LogP contribution >= 0.6 is 7.14 Å². The number of rotatable bonds is 5. The van der Waals surface area contributed by atoms with E-state index < -0.39 is 18.7 Å². The lowest BCUT2D eigenvalue weighted by Crippen LogP contribution is -2.38. The van der Waals surface area contributed by atoms with E-state index in [0.717, 1.165) is 0 Å². The zero-order chi connectivity index (χ0) is 17.9. The summed E-state index contributed by atoms with van der Waals surface area (Å²) >= 11 is 0. The third-order valence-corrected chi connectivity index (χ3v) is 7.69. The summed E-state index contributed by atoms with van der Waals surface area (Å²) in [7, 11) is -3.72. The van der Waals surface area contributed by atoms with E-state index >= 15 is 4.39 Å². The van der Waals surface area contributed by atoms with E-state index in [2.05, 4.69) is 0 Å². The second-order valence-electron chi connectivity index (χ2n) is 6.18. The molecule has 2 atom stereocenters. The summed E-state index contributed by atoms with van der Waals surface area (Å²) in [5, 5.41) is 11.8. The van der Waals surface area contributed by atoms with Gasteiger partial charge in [-0.25, -0.2) is 4.39 Å². The van der Waals surface area contributed by atoms with Gasteiger partial charge in [-0.1, -0.05) is 91.0 Å². The molecule has 2 nitrogen and oxygen atoms in total. The third kappa shape index (κ3) is 3.18. The highest BCUT2D eigenvalue weighted by molar-refractivity contribution is 7.79. The van der Waals surface area contributed by atoms with Crippen LogP contribution in [0, 0.1) is 0 Å². The van der Waals surface area contributed by atoms with E-state index in [0.29, 0.717) is 16.2 Å². The molecule has 0 radical (unpaired) electrons. The molecule has 1 N–H and O–H groups in total. The van der Waals surface area contributed by atoms with E-state index in [9.17, 15) is 9.67 Å². The molecule has 3 aromatic carbocycles. The quantitative estimate of drug-likeness (QED) is 0.697. The van der Waals surface area contributed by atoms with Gasteiger partial charge in [0.1, 0.15) is 5.60 Å². The van der Waals surface area contributed by atoms with Gasteiger partial charge >= 0.3 is 0 Å². The molecule has 0 saturated carbocycles. The maximum absolute atomic E-state index is 15.8. The summed E-state index contributed by atoms with van der Waals surface area (Å²) in [4.78, 5) is 0. The Morgan fingerprint density at radius 1 is 0.800 bits per heavy atom. The topological polar surface area (TPSA) is 37.3 Å². The van der Waals surface area contributed by atoms with Crippen molar-refractivity contribution in [1.82, 2.24) is 0 Å². The van der Waals surface area contributed by atoms with Crippen LogP contribution in [0.15, 0.2) is 91.0 Å². The SMILES string of the molecule is C[C@@](O)(c1ccccc1)[C@@H](F)P(=O)(c1ccccc1)c1ccccc1. The fourth-order valence-electron chi connectivity index (χ4n) is 2.98. The molecule has 0 aromatic heterocycles. The van der Waals surface area contributed by atoms with Crippen LogP contribution in [0.4, 0.5) is 4.39 Å². The van der Waals surface area contributed by atoms with Crippen molar-refractivity contribution < 1.29 is 14.1 Å². The molecule has 0 spiro atoms. The van der Waals surface area contributed by atoms with Crippen molar-refractivity contribution in [3.05, 3.63) is 96.6 Å². The lowest BCUT2D eigenvalue weighted by Gasteiger charge is -2.34. The lowest BCUT2D eigenvalue weighted by atomic mass is 9.97. The Morgan fingerprint density at radius 2 is 1.16 bits per heavy atom. The molecule has 0 aliphatic rings. The molecule has 0 aliphatic heterocycles. The average molecular weight is 354 g/mol. The first-order valence-corrected chi connectivity index (χ1v) is 9.88. The first-order chi connectivity index (χ1) is 12.0. The number of hydrogen-bond acceptors (Lipinski definition) is 2. The zero-order valence-corrected chi connectivity index (χ0v) is 14.8. The number of halogens is 1. The van der Waals surface area contributed by atoms with Crippen LogP contribution in [-0.4, -0.2) is 11.0 Å². The van der Waals surface area contributed by atoms with Crippen molar-refractivity contribution in [2.24, 2.45) is 0 Å². The number of aliphatic hydroxyl groups is 1. The Morgan fingerprint density at radius 3 is 1.56 bits per heavy atom.